The van der Waals surface area contributed by atoms with Crippen LogP contribution in [0.1, 0.15) is 105 Å². The topological polar surface area (TPSA) is 57.2 Å². The van der Waals surface area contributed by atoms with Crippen molar-refractivity contribution in [2.24, 2.45) is 46.3 Å². The molecule has 0 radical (unpaired) electrons. The molecule has 1 N–H and O–H groups in total. The van der Waals surface area contributed by atoms with Crippen LogP contribution in [0.15, 0.2) is 0 Å². The third kappa shape index (κ3) is 4.40. The predicted molar refractivity (Wildman–Crippen MR) is 134 cm³/mol. The van der Waals surface area contributed by atoms with Crippen LogP contribution >= 0.6 is 0 Å². The zero-order valence-corrected chi connectivity index (χ0v) is 23.0. The van der Waals surface area contributed by atoms with E-state index in [9.17, 15) is 5.26 Å². The molecule has 1 heterocycles. The van der Waals surface area contributed by atoms with Crippen LogP contribution in [-0.2, 0) is 19.1 Å². The van der Waals surface area contributed by atoms with Gasteiger partial charge in [-0.25, -0.2) is 10.1 Å². The van der Waals surface area contributed by atoms with Crippen LogP contribution in [0, 0.1) is 46.3 Å². The largest absolute Gasteiger partial charge is 0.381 e. The lowest BCUT2D eigenvalue weighted by molar-refractivity contribution is -0.471. The van der Waals surface area contributed by atoms with Crippen molar-refractivity contribution in [3.8, 4) is 0 Å². The van der Waals surface area contributed by atoms with Gasteiger partial charge < -0.3 is 14.2 Å². The van der Waals surface area contributed by atoms with E-state index >= 15 is 0 Å². The van der Waals surface area contributed by atoms with Crippen molar-refractivity contribution in [3.63, 3.8) is 0 Å². The Morgan fingerprint density at radius 3 is 2.35 bits per heavy atom. The normalized spacial score (nSPS) is 47.6. The first kappa shape index (κ1) is 26.9. The van der Waals surface area contributed by atoms with Crippen LogP contribution in [0.25, 0.3) is 0 Å². The smallest absolute Gasteiger partial charge is 0.212 e. The number of fused-ring (bicyclic) bond motifs is 5. The minimum absolute atomic E-state index is 0.0330. The van der Waals surface area contributed by atoms with Crippen LogP contribution < -0.4 is 0 Å². The number of ether oxygens (including phenoxy) is 3. The maximum Gasteiger partial charge on any atom is 0.212 e. The van der Waals surface area contributed by atoms with Crippen LogP contribution in [0.4, 0.5) is 0 Å². The van der Waals surface area contributed by atoms with Gasteiger partial charge in [-0.15, -0.1) is 0 Å². The van der Waals surface area contributed by atoms with Gasteiger partial charge in [-0.05, 0) is 79.4 Å². The summed E-state index contributed by atoms with van der Waals surface area (Å²) in [5.74, 6) is 3.03. The van der Waals surface area contributed by atoms with Gasteiger partial charge in [0.05, 0.1) is 6.10 Å². The van der Waals surface area contributed by atoms with E-state index in [4.69, 9.17) is 19.1 Å². The third-order valence-corrected chi connectivity index (χ3v) is 11.3. The number of hydrogen-bond donors (Lipinski definition) is 1. The van der Waals surface area contributed by atoms with Crippen LogP contribution in [-0.4, -0.2) is 37.7 Å². The Kier molecular flexibility index (Phi) is 8.12. The highest BCUT2D eigenvalue weighted by atomic mass is 17.1. The lowest BCUT2D eigenvalue weighted by Crippen LogP contribution is -2.60. The summed E-state index contributed by atoms with van der Waals surface area (Å²) in [6.07, 6.45) is 12.3. The second-order valence-electron chi connectivity index (χ2n) is 13.3. The average Bonchev–Trinajstić information content (AvgIpc) is 3.11. The molecule has 0 aromatic heterocycles. The van der Waals surface area contributed by atoms with Gasteiger partial charge in [0.15, 0.2) is 6.29 Å². The van der Waals surface area contributed by atoms with Crippen molar-refractivity contribution >= 4 is 0 Å². The lowest BCUT2D eigenvalue weighted by atomic mass is 9.49. The molecule has 4 rings (SSSR count). The predicted octanol–water partition coefficient (Wildman–Crippen LogP) is 7.29. The fourth-order valence-electron chi connectivity index (χ4n) is 9.36. The highest BCUT2D eigenvalue weighted by molar-refractivity contribution is 5.11. The number of methoxy groups -OCH3 is 2. The van der Waals surface area contributed by atoms with E-state index in [1.54, 1.807) is 14.2 Å². The molecule has 1 aliphatic heterocycles. The minimum Gasteiger partial charge on any atom is -0.381 e. The number of rotatable bonds is 8. The first-order valence-corrected chi connectivity index (χ1v) is 14.2. The minimum atomic E-state index is -1.07. The van der Waals surface area contributed by atoms with Gasteiger partial charge in [-0.2, -0.15) is 0 Å². The summed E-state index contributed by atoms with van der Waals surface area (Å²) >= 11 is 0. The van der Waals surface area contributed by atoms with Crippen molar-refractivity contribution in [2.75, 3.05) is 14.2 Å². The summed E-state index contributed by atoms with van der Waals surface area (Å²) in [5.41, 5.74) is 0.140. The van der Waals surface area contributed by atoms with Gasteiger partial charge in [0.1, 0.15) is 0 Å². The molecule has 5 heteroatoms. The number of hydrogen-bond acceptors (Lipinski definition) is 5. The summed E-state index contributed by atoms with van der Waals surface area (Å²) in [5, 5.41) is 10.3. The molecule has 5 nitrogen and oxygen atoms in total. The molecule has 4 aliphatic rings. The van der Waals surface area contributed by atoms with Gasteiger partial charge in [0.2, 0.25) is 5.79 Å². The van der Waals surface area contributed by atoms with Crippen molar-refractivity contribution in [1.82, 2.24) is 0 Å². The molecule has 0 aromatic carbocycles. The first-order chi connectivity index (χ1) is 16.1. The molecular formula is C29H52O5. The summed E-state index contributed by atoms with van der Waals surface area (Å²) < 4.78 is 18.2. The zero-order valence-electron chi connectivity index (χ0n) is 23.0. The molecular weight excluding hydrogens is 428 g/mol. The van der Waals surface area contributed by atoms with Crippen LogP contribution in [0.5, 0.6) is 0 Å². The van der Waals surface area contributed by atoms with E-state index in [-0.39, 0.29) is 17.8 Å². The second-order valence-corrected chi connectivity index (χ2v) is 13.3. The molecule has 4 fully saturated rings. The monoisotopic (exact) mass is 480 g/mol. The molecule has 0 bridgehead atoms. The highest BCUT2D eigenvalue weighted by Crippen LogP contribution is 2.68. The van der Waals surface area contributed by atoms with Gasteiger partial charge >= 0.3 is 0 Å². The molecule has 198 valence electrons. The Balaban J connectivity index is 1.60. The van der Waals surface area contributed by atoms with E-state index in [1.165, 1.54) is 44.9 Å². The molecule has 34 heavy (non-hydrogen) atoms. The molecule has 0 spiro atoms. The van der Waals surface area contributed by atoms with Gasteiger partial charge in [0.25, 0.3) is 0 Å². The van der Waals surface area contributed by atoms with E-state index in [0.717, 1.165) is 37.0 Å². The summed E-state index contributed by atoms with van der Waals surface area (Å²) in [6.45, 7) is 12.1. The van der Waals surface area contributed by atoms with Crippen LogP contribution in [0.3, 0.4) is 0 Å². The molecule has 3 saturated carbocycles. The van der Waals surface area contributed by atoms with Gasteiger partial charge in [-0.3, -0.25) is 0 Å². The Hall–Kier alpha value is -0.200. The maximum absolute atomic E-state index is 10.3. The Morgan fingerprint density at radius 1 is 0.941 bits per heavy atom. The molecule has 0 amide bonds. The van der Waals surface area contributed by atoms with Crippen LogP contribution in [0.2, 0.25) is 0 Å². The Labute approximate surface area is 208 Å². The standard InChI is InChI=1S/C29H52O5/c1-19(2)9-8-10-20(3)23-11-12-24-22-17-26(32-7)33-29(34-30)18-21(31-6)13-16-28(29,5)25(22)14-15-27(23,24)4/h19-26,30H,8-18H2,1-7H3/t20-,21+,22+,23-,24+,25+,26?,27-,28-,29-/m1/s1. The lowest BCUT2D eigenvalue weighted by Gasteiger charge is -2.58. The van der Waals surface area contributed by atoms with E-state index in [0.29, 0.717) is 29.6 Å². The highest BCUT2D eigenvalue weighted by Gasteiger charge is 2.67. The Morgan fingerprint density at radius 2 is 1.71 bits per heavy atom. The first-order valence-electron chi connectivity index (χ1n) is 14.2. The van der Waals surface area contributed by atoms with E-state index in [2.05, 4.69) is 34.6 Å². The second kappa shape index (κ2) is 10.3. The van der Waals surface area contributed by atoms with E-state index in [1.807, 2.05) is 0 Å². The fraction of sp³-hybridized carbons (Fsp3) is 1.00. The van der Waals surface area contributed by atoms with Crippen molar-refractivity contribution in [2.45, 2.75) is 123 Å². The van der Waals surface area contributed by atoms with E-state index < -0.39 is 5.79 Å². The summed E-state index contributed by atoms with van der Waals surface area (Å²) in [7, 11) is 3.49. The summed E-state index contributed by atoms with van der Waals surface area (Å²) in [6, 6.07) is 0. The Bertz CT molecular complexity index is 683. The van der Waals surface area contributed by atoms with Gasteiger partial charge in [0, 0.05) is 32.5 Å². The molecule has 1 unspecified atom stereocenters. The van der Waals surface area contributed by atoms with Crippen molar-refractivity contribution in [1.29, 1.82) is 0 Å². The van der Waals surface area contributed by atoms with Crippen molar-refractivity contribution in [3.05, 3.63) is 0 Å². The van der Waals surface area contributed by atoms with Gasteiger partial charge in [-0.1, -0.05) is 53.9 Å². The maximum atomic E-state index is 10.3. The molecule has 3 aliphatic carbocycles. The molecule has 10 atom stereocenters. The SMILES string of the molecule is COC1C[C@H]2[C@@H]3CC[C@H]([C@H](C)CCCC(C)C)[C@@]3(C)CC[C@@H]2[C@@]2(C)CC[C@H](OC)C[C@]2(OO)O1. The quantitative estimate of drug-likeness (QED) is 0.292. The average molecular weight is 481 g/mol. The summed E-state index contributed by atoms with van der Waals surface area (Å²) in [4.78, 5) is 5.36. The third-order valence-electron chi connectivity index (χ3n) is 11.3. The molecule has 0 aromatic rings. The fourth-order valence-corrected chi connectivity index (χ4v) is 9.36. The van der Waals surface area contributed by atoms with Crippen molar-refractivity contribution < 1.29 is 24.4 Å². The zero-order chi connectivity index (χ0) is 24.7. The molecule has 1 saturated heterocycles.